The summed E-state index contributed by atoms with van der Waals surface area (Å²) in [7, 11) is 0. The van der Waals surface area contributed by atoms with Gasteiger partial charge in [0.1, 0.15) is 0 Å². The summed E-state index contributed by atoms with van der Waals surface area (Å²) in [6.45, 7) is 9.90. The average Bonchev–Trinajstić information content (AvgIpc) is 2.55. The molecule has 5 heteroatoms. The van der Waals surface area contributed by atoms with Crippen LogP contribution in [0.1, 0.15) is 40.2 Å². The van der Waals surface area contributed by atoms with Crippen LogP contribution in [0.4, 0.5) is 11.4 Å². The highest BCUT2D eigenvalue weighted by Gasteiger charge is 2.16. The molecule has 0 aliphatic carbocycles. The maximum absolute atomic E-state index is 12.4. The summed E-state index contributed by atoms with van der Waals surface area (Å²) in [6.07, 6.45) is 0. The van der Waals surface area contributed by atoms with E-state index in [0.717, 1.165) is 4.90 Å². The van der Waals surface area contributed by atoms with Crippen molar-refractivity contribution in [1.82, 2.24) is 0 Å². The SMILES string of the molecule is CC(=O)Nc1ccc(NC(=O)C(C)Sc2ccc(C(C)(C)C)cc2)cc1. The van der Waals surface area contributed by atoms with Gasteiger partial charge < -0.3 is 10.6 Å². The molecule has 26 heavy (non-hydrogen) atoms. The third-order valence-electron chi connectivity index (χ3n) is 3.88. The van der Waals surface area contributed by atoms with Crippen molar-refractivity contribution in [1.29, 1.82) is 0 Å². The molecule has 2 aromatic carbocycles. The zero-order chi connectivity index (χ0) is 19.3. The molecule has 138 valence electrons. The molecule has 0 saturated carbocycles. The minimum atomic E-state index is -0.217. The Morgan fingerprint density at radius 3 is 1.85 bits per heavy atom. The van der Waals surface area contributed by atoms with E-state index < -0.39 is 0 Å². The quantitative estimate of drug-likeness (QED) is 0.723. The van der Waals surface area contributed by atoms with Crippen molar-refractivity contribution in [3.63, 3.8) is 0 Å². The second-order valence-corrected chi connectivity index (χ2v) is 8.70. The molecule has 0 aliphatic heterocycles. The van der Waals surface area contributed by atoms with E-state index >= 15 is 0 Å². The highest BCUT2D eigenvalue weighted by molar-refractivity contribution is 8.00. The van der Waals surface area contributed by atoms with E-state index in [0.29, 0.717) is 11.4 Å². The van der Waals surface area contributed by atoms with E-state index in [4.69, 9.17) is 0 Å². The summed E-state index contributed by atoms with van der Waals surface area (Å²) in [4.78, 5) is 24.5. The first-order chi connectivity index (χ1) is 12.1. The standard InChI is InChI=1S/C21H26N2O2S/c1-14(26-19-12-6-16(7-13-19)21(3,4)5)20(25)23-18-10-8-17(9-11-18)22-15(2)24/h6-14H,1-5H3,(H,22,24)(H,23,25). The van der Waals surface area contributed by atoms with Crippen molar-refractivity contribution in [2.24, 2.45) is 0 Å². The van der Waals surface area contributed by atoms with Crippen LogP contribution in [0.25, 0.3) is 0 Å². The lowest BCUT2D eigenvalue weighted by Crippen LogP contribution is -2.22. The van der Waals surface area contributed by atoms with Gasteiger partial charge in [-0.05, 0) is 54.3 Å². The van der Waals surface area contributed by atoms with Crippen LogP contribution in [0.3, 0.4) is 0 Å². The molecule has 0 bridgehead atoms. The Labute approximate surface area is 159 Å². The molecule has 0 spiro atoms. The maximum Gasteiger partial charge on any atom is 0.237 e. The Hall–Kier alpha value is -2.27. The van der Waals surface area contributed by atoms with E-state index in [1.807, 2.05) is 6.92 Å². The fourth-order valence-corrected chi connectivity index (χ4v) is 3.24. The van der Waals surface area contributed by atoms with Crippen LogP contribution in [-0.4, -0.2) is 17.1 Å². The van der Waals surface area contributed by atoms with Crippen LogP contribution >= 0.6 is 11.8 Å². The van der Waals surface area contributed by atoms with Gasteiger partial charge in [-0.1, -0.05) is 32.9 Å². The van der Waals surface area contributed by atoms with Gasteiger partial charge in [0.15, 0.2) is 0 Å². The minimum absolute atomic E-state index is 0.0535. The third kappa shape index (κ3) is 5.92. The van der Waals surface area contributed by atoms with Gasteiger partial charge in [-0.3, -0.25) is 9.59 Å². The van der Waals surface area contributed by atoms with E-state index in [2.05, 4.69) is 55.7 Å². The molecule has 2 amide bonds. The second-order valence-electron chi connectivity index (χ2n) is 7.28. The first kappa shape index (κ1) is 20.0. The summed E-state index contributed by atoms with van der Waals surface area (Å²) < 4.78 is 0. The fraction of sp³-hybridized carbons (Fsp3) is 0.333. The lowest BCUT2D eigenvalue weighted by molar-refractivity contribution is -0.115. The van der Waals surface area contributed by atoms with Crippen molar-refractivity contribution in [2.75, 3.05) is 10.6 Å². The molecular weight excluding hydrogens is 344 g/mol. The summed E-state index contributed by atoms with van der Waals surface area (Å²) in [5, 5.41) is 5.39. The molecule has 0 radical (unpaired) electrons. The van der Waals surface area contributed by atoms with Gasteiger partial charge in [-0.2, -0.15) is 0 Å². The van der Waals surface area contributed by atoms with Crippen molar-refractivity contribution in [2.45, 2.75) is 50.2 Å². The topological polar surface area (TPSA) is 58.2 Å². The lowest BCUT2D eigenvalue weighted by Gasteiger charge is -2.19. The van der Waals surface area contributed by atoms with Crippen LogP contribution in [0.15, 0.2) is 53.4 Å². The molecule has 1 unspecified atom stereocenters. The molecule has 2 rings (SSSR count). The largest absolute Gasteiger partial charge is 0.326 e. The average molecular weight is 371 g/mol. The van der Waals surface area contributed by atoms with Gasteiger partial charge in [0.25, 0.3) is 0 Å². The smallest absolute Gasteiger partial charge is 0.237 e. The lowest BCUT2D eigenvalue weighted by atomic mass is 9.87. The van der Waals surface area contributed by atoms with E-state index in [-0.39, 0.29) is 22.5 Å². The number of benzene rings is 2. The first-order valence-corrected chi connectivity index (χ1v) is 9.49. The number of hydrogen-bond acceptors (Lipinski definition) is 3. The summed E-state index contributed by atoms with van der Waals surface area (Å²) in [5.41, 5.74) is 2.81. The van der Waals surface area contributed by atoms with Crippen LogP contribution in [0, 0.1) is 0 Å². The second kappa shape index (κ2) is 8.41. The van der Waals surface area contributed by atoms with Crippen molar-refractivity contribution in [3.05, 3.63) is 54.1 Å². The Morgan fingerprint density at radius 1 is 0.885 bits per heavy atom. The van der Waals surface area contributed by atoms with E-state index in [1.165, 1.54) is 24.2 Å². The summed E-state index contributed by atoms with van der Waals surface area (Å²) in [5.74, 6) is -0.175. The molecule has 2 aromatic rings. The van der Waals surface area contributed by atoms with Gasteiger partial charge in [0, 0.05) is 23.2 Å². The molecule has 2 N–H and O–H groups in total. The number of amides is 2. The molecule has 0 aliphatic rings. The number of carbonyl (C=O) groups excluding carboxylic acids is 2. The number of hydrogen-bond donors (Lipinski definition) is 2. The van der Waals surface area contributed by atoms with E-state index in [9.17, 15) is 9.59 Å². The van der Waals surface area contributed by atoms with Crippen molar-refractivity contribution < 1.29 is 9.59 Å². The van der Waals surface area contributed by atoms with Gasteiger partial charge in [-0.25, -0.2) is 0 Å². The van der Waals surface area contributed by atoms with Crippen LogP contribution < -0.4 is 10.6 Å². The normalized spacial score (nSPS) is 12.3. The number of nitrogens with one attached hydrogen (secondary N) is 2. The Balaban J connectivity index is 1.94. The van der Waals surface area contributed by atoms with E-state index in [1.54, 1.807) is 24.3 Å². The maximum atomic E-state index is 12.4. The summed E-state index contributed by atoms with van der Waals surface area (Å²) >= 11 is 1.53. The predicted molar refractivity (Wildman–Crippen MR) is 110 cm³/mol. The zero-order valence-electron chi connectivity index (χ0n) is 15.9. The predicted octanol–water partition coefficient (Wildman–Crippen LogP) is 5.06. The number of anilines is 2. The molecule has 1 atom stereocenters. The Kier molecular flexibility index (Phi) is 6.48. The highest BCUT2D eigenvalue weighted by Crippen LogP contribution is 2.28. The molecule has 0 saturated heterocycles. The third-order valence-corrected chi connectivity index (χ3v) is 4.99. The van der Waals surface area contributed by atoms with Crippen molar-refractivity contribution >= 4 is 35.0 Å². The number of carbonyl (C=O) groups is 2. The Morgan fingerprint density at radius 2 is 1.38 bits per heavy atom. The van der Waals surface area contributed by atoms with Crippen molar-refractivity contribution in [3.8, 4) is 0 Å². The number of thioether (sulfide) groups is 1. The Bertz CT molecular complexity index is 762. The molecule has 0 heterocycles. The molecule has 0 aromatic heterocycles. The van der Waals surface area contributed by atoms with Gasteiger partial charge in [0.05, 0.1) is 5.25 Å². The summed E-state index contributed by atoms with van der Waals surface area (Å²) in [6, 6.07) is 15.5. The van der Waals surface area contributed by atoms with Gasteiger partial charge in [-0.15, -0.1) is 11.8 Å². The molecule has 0 fully saturated rings. The minimum Gasteiger partial charge on any atom is -0.326 e. The van der Waals surface area contributed by atoms with Gasteiger partial charge >= 0.3 is 0 Å². The molecule has 4 nitrogen and oxygen atoms in total. The van der Waals surface area contributed by atoms with Crippen LogP contribution in [-0.2, 0) is 15.0 Å². The molecular formula is C21H26N2O2S. The fourth-order valence-electron chi connectivity index (χ4n) is 2.38. The van der Waals surface area contributed by atoms with Crippen LogP contribution in [0.2, 0.25) is 0 Å². The van der Waals surface area contributed by atoms with Crippen LogP contribution in [0.5, 0.6) is 0 Å². The zero-order valence-corrected chi connectivity index (χ0v) is 16.7. The highest BCUT2D eigenvalue weighted by atomic mass is 32.2. The van der Waals surface area contributed by atoms with Gasteiger partial charge in [0.2, 0.25) is 11.8 Å². The first-order valence-electron chi connectivity index (χ1n) is 8.61. The monoisotopic (exact) mass is 370 g/mol. The number of rotatable bonds is 5.